The van der Waals surface area contributed by atoms with Gasteiger partial charge in [-0.1, -0.05) is 24.3 Å². The predicted octanol–water partition coefficient (Wildman–Crippen LogP) is 2.58. The monoisotopic (exact) mass is 269 g/mol. The maximum atomic E-state index is 5.89. The maximum absolute atomic E-state index is 5.89. The van der Waals surface area contributed by atoms with E-state index in [1.165, 1.54) is 5.56 Å². The van der Waals surface area contributed by atoms with Crippen LogP contribution in [0.2, 0.25) is 0 Å². The van der Waals surface area contributed by atoms with Crippen molar-refractivity contribution in [1.82, 2.24) is 15.3 Å². The molecule has 2 aromatic rings. The van der Waals surface area contributed by atoms with Crippen molar-refractivity contribution in [2.75, 3.05) is 13.1 Å². The number of hydrogen-bond donors (Lipinski definition) is 1. The van der Waals surface area contributed by atoms with Crippen molar-refractivity contribution in [3.63, 3.8) is 0 Å². The normalized spacial score (nSPS) is 18.8. The molecular weight excluding hydrogens is 250 g/mol. The first-order chi connectivity index (χ1) is 9.83. The van der Waals surface area contributed by atoms with Crippen LogP contribution in [0.4, 0.5) is 0 Å². The minimum atomic E-state index is 0.233. The number of nitrogens with zero attached hydrogens (tertiary/aromatic N) is 2. The van der Waals surface area contributed by atoms with E-state index in [1.54, 1.807) is 12.4 Å². The highest BCUT2D eigenvalue weighted by Crippen LogP contribution is 2.21. The molecule has 1 aromatic carbocycles. The summed E-state index contributed by atoms with van der Waals surface area (Å²) in [6.45, 7) is 4.05. The van der Waals surface area contributed by atoms with E-state index < -0.39 is 0 Å². The summed E-state index contributed by atoms with van der Waals surface area (Å²) in [6.07, 6.45) is 6.02. The van der Waals surface area contributed by atoms with E-state index >= 15 is 0 Å². The van der Waals surface area contributed by atoms with Gasteiger partial charge in [0.05, 0.1) is 12.4 Å². The third-order valence-corrected chi connectivity index (χ3v) is 3.57. The van der Waals surface area contributed by atoms with Gasteiger partial charge >= 0.3 is 0 Å². The summed E-state index contributed by atoms with van der Waals surface area (Å²) in [4.78, 5) is 8.84. The van der Waals surface area contributed by atoms with Crippen molar-refractivity contribution in [1.29, 1.82) is 0 Å². The Morgan fingerprint density at radius 2 is 2.00 bits per heavy atom. The van der Waals surface area contributed by atoms with E-state index in [2.05, 4.69) is 28.3 Å². The summed E-state index contributed by atoms with van der Waals surface area (Å²) in [5.74, 6) is 1.49. The van der Waals surface area contributed by atoms with Gasteiger partial charge in [-0.25, -0.2) is 9.97 Å². The van der Waals surface area contributed by atoms with Crippen LogP contribution in [-0.4, -0.2) is 29.2 Å². The fourth-order valence-electron chi connectivity index (χ4n) is 2.45. The molecule has 20 heavy (non-hydrogen) atoms. The fourth-order valence-corrected chi connectivity index (χ4v) is 2.45. The second-order valence-electron chi connectivity index (χ2n) is 5.14. The van der Waals surface area contributed by atoms with Crippen LogP contribution in [0, 0.1) is 6.92 Å². The van der Waals surface area contributed by atoms with Crippen LogP contribution in [0.15, 0.2) is 36.7 Å². The van der Waals surface area contributed by atoms with E-state index in [4.69, 9.17) is 4.74 Å². The van der Waals surface area contributed by atoms with Gasteiger partial charge < -0.3 is 10.1 Å². The summed E-state index contributed by atoms with van der Waals surface area (Å²) in [5, 5.41) is 3.33. The van der Waals surface area contributed by atoms with Gasteiger partial charge in [-0.05, 0) is 31.9 Å². The Hall–Kier alpha value is -1.94. The molecule has 1 saturated heterocycles. The number of nitrogens with one attached hydrogen (secondary N) is 1. The number of benzene rings is 1. The molecule has 1 aromatic heterocycles. The highest BCUT2D eigenvalue weighted by Gasteiger charge is 2.14. The minimum Gasteiger partial charge on any atom is -0.486 e. The highest BCUT2D eigenvalue weighted by molar-refractivity contribution is 5.59. The van der Waals surface area contributed by atoms with Crippen molar-refractivity contribution in [3.05, 3.63) is 42.2 Å². The molecule has 4 heteroatoms. The number of rotatable bonds is 3. The summed E-state index contributed by atoms with van der Waals surface area (Å²) < 4.78 is 5.89. The summed E-state index contributed by atoms with van der Waals surface area (Å²) in [7, 11) is 0. The first-order valence-electron chi connectivity index (χ1n) is 7.08. The van der Waals surface area contributed by atoms with Crippen LogP contribution >= 0.6 is 0 Å². The van der Waals surface area contributed by atoms with Crippen molar-refractivity contribution in [3.8, 4) is 17.1 Å². The first-order valence-corrected chi connectivity index (χ1v) is 7.08. The van der Waals surface area contributed by atoms with Crippen molar-refractivity contribution < 1.29 is 4.74 Å². The van der Waals surface area contributed by atoms with Gasteiger partial charge in [0, 0.05) is 12.1 Å². The van der Waals surface area contributed by atoms with Crippen LogP contribution in [0.1, 0.15) is 18.4 Å². The zero-order valence-electron chi connectivity index (χ0n) is 11.7. The van der Waals surface area contributed by atoms with E-state index in [1.807, 2.05) is 18.2 Å². The molecule has 104 valence electrons. The number of hydrogen-bond acceptors (Lipinski definition) is 4. The molecule has 1 aliphatic heterocycles. The quantitative estimate of drug-likeness (QED) is 0.930. The van der Waals surface area contributed by atoms with Crippen LogP contribution in [0.25, 0.3) is 11.4 Å². The molecule has 0 amide bonds. The fraction of sp³-hybridized carbons (Fsp3) is 0.375. The minimum absolute atomic E-state index is 0.233. The number of ether oxygens (including phenoxy) is 1. The molecule has 0 spiro atoms. The lowest BCUT2D eigenvalue weighted by atomic mass is 10.1. The number of aromatic nitrogens is 2. The van der Waals surface area contributed by atoms with Gasteiger partial charge in [0.2, 0.25) is 0 Å². The molecule has 4 nitrogen and oxygen atoms in total. The smallest absolute Gasteiger partial charge is 0.159 e. The molecular formula is C16H19N3O. The van der Waals surface area contributed by atoms with Gasteiger partial charge in [-0.15, -0.1) is 0 Å². The molecule has 0 bridgehead atoms. The Labute approximate surface area is 119 Å². The lowest BCUT2D eigenvalue weighted by Gasteiger charge is -2.23. The maximum Gasteiger partial charge on any atom is 0.159 e. The predicted molar refractivity (Wildman–Crippen MR) is 78.7 cm³/mol. The molecule has 0 saturated carbocycles. The molecule has 1 atom stereocenters. The average Bonchev–Trinajstić information content (AvgIpc) is 2.50. The van der Waals surface area contributed by atoms with E-state index in [-0.39, 0.29) is 6.10 Å². The van der Waals surface area contributed by atoms with Gasteiger partial charge in [0.15, 0.2) is 11.6 Å². The Kier molecular flexibility index (Phi) is 3.92. The van der Waals surface area contributed by atoms with Gasteiger partial charge in [-0.2, -0.15) is 0 Å². The molecule has 0 radical (unpaired) electrons. The molecule has 3 rings (SSSR count). The molecule has 0 aliphatic carbocycles. The summed E-state index contributed by atoms with van der Waals surface area (Å²) >= 11 is 0. The lowest BCUT2D eigenvalue weighted by Crippen LogP contribution is -2.37. The third-order valence-electron chi connectivity index (χ3n) is 3.57. The molecule has 2 heterocycles. The molecule has 1 unspecified atom stereocenters. The van der Waals surface area contributed by atoms with Gasteiger partial charge in [0.25, 0.3) is 0 Å². The van der Waals surface area contributed by atoms with E-state index in [0.717, 1.165) is 43.1 Å². The molecule has 1 fully saturated rings. The lowest BCUT2D eigenvalue weighted by molar-refractivity contribution is 0.166. The number of aryl methyl sites for hydroxylation is 1. The standard InChI is InChI=1S/C16H19N3O/c1-12-5-2-3-7-15(12)16-18-10-14(11-19-16)20-13-6-4-8-17-9-13/h2-3,5,7,10-11,13,17H,4,6,8-9H2,1H3. The van der Waals surface area contributed by atoms with Crippen molar-refractivity contribution in [2.24, 2.45) is 0 Å². The average molecular weight is 269 g/mol. The van der Waals surface area contributed by atoms with Crippen LogP contribution in [0.3, 0.4) is 0 Å². The van der Waals surface area contributed by atoms with Crippen LogP contribution in [0.5, 0.6) is 5.75 Å². The SMILES string of the molecule is Cc1ccccc1-c1ncc(OC2CCCNC2)cn1. The zero-order valence-corrected chi connectivity index (χ0v) is 11.7. The first kappa shape index (κ1) is 13.1. The van der Waals surface area contributed by atoms with Gasteiger partial charge in [-0.3, -0.25) is 0 Å². The number of piperidine rings is 1. The highest BCUT2D eigenvalue weighted by atomic mass is 16.5. The molecule has 1 N–H and O–H groups in total. The zero-order chi connectivity index (χ0) is 13.8. The van der Waals surface area contributed by atoms with Crippen molar-refractivity contribution >= 4 is 0 Å². The Morgan fingerprint density at radius 3 is 2.70 bits per heavy atom. The van der Waals surface area contributed by atoms with Crippen molar-refractivity contribution in [2.45, 2.75) is 25.9 Å². The third kappa shape index (κ3) is 2.96. The largest absolute Gasteiger partial charge is 0.486 e. The van der Waals surface area contributed by atoms with Crippen LogP contribution in [-0.2, 0) is 0 Å². The Balaban J connectivity index is 1.73. The summed E-state index contributed by atoms with van der Waals surface area (Å²) in [5.41, 5.74) is 2.25. The Morgan fingerprint density at radius 1 is 1.20 bits per heavy atom. The second-order valence-corrected chi connectivity index (χ2v) is 5.14. The Bertz CT molecular complexity index is 562. The van der Waals surface area contributed by atoms with E-state index in [0.29, 0.717) is 0 Å². The molecule has 1 aliphatic rings. The van der Waals surface area contributed by atoms with E-state index in [9.17, 15) is 0 Å². The van der Waals surface area contributed by atoms with Gasteiger partial charge in [0.1, 0.15) is 6.10 Å². The topological polar surface area (TPSA) is 47.0 Å². The van der Waals surface area contributed by atoms with Crippen LogP contribution < -0.4 is 10.1 Å². The second kappa shape index (κ2) is 6.01. The summed E-state index contributed by atoms with van der Waals surface area (Å²) in [6, 6.07) is 8.13.